The van der Waals surface area contributed by atoms with Crippen LogP contribution in [0.4, 0.5) is 0 Å². The molecule has 0 aromatic rings. The lowest BCUT2D eigenvalue weighted by Crippen LogP contribution is -2.51. The van der Waals surface area contributed by atoms with Crippen molar-refractivity contribution in [3.63, 3.8) is 0 Å². The number of likely N-dealkylation sites (tertiary alicyclic amines) is 1. The zero-order valence-corrected chi connectivity index (χ0v) is 13.9. The summed E-state index contributed by atoms with van der Waals surface area (Å²) in [5.74, 6) is 0.839. The van der Waals surface area contributed by atoms with Crippen molar-refractivity contribution < 1.29 is 9.59 Å². The zero-order valence-electron chi connectivity index (χ0n) is 13.9. The second kappa shape index (κ2) is 7.62. The summed E-state index contributed by atoms with van der Waals surface area (Å²) in [6.07, 6.45) is 7.79. The zero-order chi connectivity index (χ0) is 16.2. The summed E-state index contributed by atoms with van der Waals surface area (Å²) in [5.41, 5.74) is 5.43. The van der Waals surface area contributed by atoms with E-state index in [0.717, 1.165) is 25.8 Å². The predicted octanol–water partition coefficient (Wildman–Crippen LogP) is 0.221. The number of nitrogens with two attached hydrogens (primary N) is 1. The van der Waals surface area contributed by atoms with Gasteiger partial charge in [-0.2, -0.15) is 0 Å². The molecule has 23 heavy (non-hydrogen) atoms. The Kier molecular flexibility index (Phi) is 5.54. The van der Waals surface area contributed by atoms with Gasteiger partial charge in [0.15, 0.2) is 0 Å². The molecular weight excluding hydrogens is 292 g/mol. The van der Waals surface area contributed by atoms with E-state index in [-0.39, 0.29) is 23.8 Å². The SMILES string of the molecule is NCCNC(=O)C1CCCN(C(=O)C2CC3CCCCC3N2)C1. The molecule has 4 N–H and O–H groups in total. The van der Waals surface area contributed by atoms with Gasteiger partial charge in [0.25, 0.3) is 0 Å². The number of nitrogens with one attached hydrogen (secondary N) is 2. The largest absolute Gasteiger partial charge is 0.355 e. The minimum Gasteiger partial charge on any atom is -0.355 e. The van der Waals surface area contributed by atoms with E-state index in [1.807, 2.05) is 4.90 Å². The summed E-state index contributed by atoms with van der Waals surface area (Å²) in [7, 11) is 0. The Morgan fingerprint density at radius 1 is 1.17 bits per heavy atom. The molecule has 0 bridgehead atoms. The van der Waals surface area contributed by atoms with E-state index in [4.69, 9.17) is 5.73 Å². The fraction of sp³-hybridized carbons (Fsp3) is 0.882. The average Bonchev–Trinajstić information content (AvgIpc) is 3.03. The summed E-state index contributed by atoms with van der Waals surface area (Å²) in [5, 5.41) is 6.41. The average molecular weight is 322 g/mol. The number of fused-ring (bicyclic) bond motifs is 1. The maximum absolute atomic E-state index is 12.8. The normalized spacial score (nSPS) is 34.0. The van der Waals surface area contributed by atoms with Crippen LogP contribution < -0.4 is 16.4 Å². The molecule has 0 radical (unpaired) electrons. The lowest BCUT2D eigenvalue weighted by Gasteiger charge is -2.33. The molecule has 0 aromatic carbocycles. The molecule has 3 aliphatic rings. The number of carbonyl (C=O) groups excluding carboxylic acids is 2. The third-order valence-corrected chi connectivity index (χ3v) is 5.71. The molecule has 0 aromatic heterocycles. The van der Waals surface area contributed by atoms with Gasteiger partial charge in [-0.25, -0.2) is 0 Å². The maximum Gasteiger partial charge on any atom is 0.239 e. The van der Waals surface area contributed by atoms with Crippen LogP contribution in [-0.2, 0) is 9.59 Å². The van der Waals surface area contributed by atoms with Gasteiger partial charge in [0.05, 0.1) is 12.0 Å². The monoisotopic (exact) mass is 322 g/mol. The first-order valence-electron chi connectivity index (χ1n) is 9.21. The molecule has 4 unspecified atom stereocenters. The molecular formula is C17H30N4O2. The van der Waals surface area contributed by atoms with E-state index in [1.165, 1.54) is 25.7 Å². The van der Waals surface area contributed by atoms with E-state index in [0.29, 0.717) is 31.6 Å². The van der Waals surface area contributed by atoms with Gasteiger partial charge in [0, 0.05) is 32.2 Å². The van der Waals surface area contributed by atoms with Crippen LogP contribution in [-0.4, -0.2) is 55.0 Å². The summed E-state index contributed by atoms with van der Waals surface area (Å²) in [6, 6.07) is 0.500. The number of amides is 2. The van der Waals surface area contributed by atoms with Crippen LogP contribution in [0, 0.1) is 11.8 Å². The highest BCUT2D eigenvalue weighted by molar-refractivity contribution is 5.84. The van der Waals surface area contributed by atoms with Gasteiger partial charge in [-0.15, -0.1) is 0 Å². The maximum atomic E-state index is 12.8. The standard InChI is InChI=1S/C17H30N4O2/c18-7-8-19-16(22)13-5-3-9-21(11-13)17(23)15-10-12-4-1-2-6-14(12)20-15/h12-15,20H,1-11,18H2,(H,19,22). The molecule has 3 rings (SSSR count). The Labute approximate surface area is 138 Å². The molecule has 2 amide bonds. The van der Waals surface area contributed by atoms with Crippen molar-refractivity contribution in [3.8, 4) is 0 Å². The highest BCUT2D eigenvalue weighted by atomic mass is 16.2. The Bertz CT molecular complexity index is 428. The van der Waals surface area contributed by atoms with Crippen molar-refractivity contribution in [1.29, 1.82) is 0 Å². The summed E-state index contributed by atoms with van der Waals surface area (Å²) in [4.78, 5) is 26.9. The van der Waals surface area contributed by atoms with Gasteiger partial charge >= 0.3 is 0 Å². The van der Waals surface area contributed by atoms with E-state index in [2.05, 4.69) is 10.6 Å². The highest BCUT2D eigenvalue weighted by Gasteiger charge is 2.40. The summed E-state index contributed by atoms with van der Waals surface area (Å²) in [6.45, 7) is 2.31. The number of rotatable bonds is 4. The van der Waals surface area contributed by atoms with E-state index in [1.54, 1.807) is 0 Å². The van der Waals surface area contributed by atoms with Gasteiger partial charge in [-0.1, -0.05) is 12.8 Å². The summed E-state index contributed by atoms with van der Waals surface area (Å²) < 4.78 is 0. The number of hydrogen-bond acceptors (Lipinski definition) is 4. The minimum atomic E-state index is -0.0806. The van der Waals surface area contributed by atoms with Crippen LogP contribution in [0.5, 0.6) is 0 Å². The Hall–Kier alpha value is -1.14. The molecule has 1 aliphatic carbocycles. The Morgan fingerprint density at radius 3 is 2.78 bits per heavy atom. The Morgan fingerprint density at radius 2 is 2.00 bits per heavy atom. The first-order chi connectivity index (χ1) is 11.2. The lowest BCUT2D eigenvalue weighted by molar-refractivity contribution is -0.137. The quantitative estimate of drug-likeness (QED) is 0.691. The Balaban J connectivity index is 1.54. The van der Waals surface area contributed by atoms with Crippen LogP contribution in [0.2, 0.25) is 0 Å². The first-order valence-corrected chi connectivity index (χ1v) is 9.21. The molecule has 0 spiro atoms. The second-order valence-corrected chi connectivity index (χ2v) is 7.31. The molecule has 1 saturated carbocycles. The third kappa shape index (κ3) is 3.86. The minimum absolute atomic E-state index is 0.0334. The van der Waals surface area contributed by atoms with Crippen LogP contribution >= 0.6 is 0 Å². The van der Waals surface area contributed by atoms with E-state index >= 15 is 0 Å². The molecule has 2 saturated heterocycles. The lowest BCUT2D eigenvalue weighted by atomic mass is 9.85. The molecule has 4 atom stereocenters. The van der Waals surface area contributed by atoms with E-state index in [9.17, 15) is 9.59 Å². The van der Waals surface area contributed by atoms with Crippen molar-refractivity contribution in [2.75, 3.05) is 26.2 Å². The van der Waals surface area contributed by atoms with Crippen molar-refractivity contribution in [3.05, 3.63) is 0 Å². The van der Waals surface area contributed by atoms with Gasteiger partial charge < -0.3 is 21.3 Å². The number of nitrogens with zero attached hydrogens (tertiary/aromatic N) is 1. The highest BCUT2D eigenvalue weighted by Crippen LogP contribution is 2.34. The summed E-state index contributed by atoms with van der Waals surface area (Å²) >= 11 is 0. The molecule has 2 heterocycles. The van der Waals surface area contributed by atoms with Crippen molar-refractivity contribution in [2.24, 2.45) is 17.6 Å². The number of carbonyl (C=O) groups is 2. The smallest absolute Gasteiger partial charge is 0.239 e. The van der Waals surface area contributed by atoms with Crippen molar-refractivity contribution >= 4 is 11.8 Å². The topological polar surface area (TPSA) is 87.5 Å². The number of piperidine rings is 1. The molecule has 2 aliphatic heterocycles. The van der Waals surface area contributed by atoms with Gasteiger partial charge in [-0.05, 0) is 38.0 Å². The molecule has 3 fully saturated rings. The van der Waals surface area contributed by atoms with Crippen LogP contribution in [0.25, 0.3) is 0 Å². The van der Waals surface area contributed by atoms with Crippen molar-refractivity contribution in [2.45, 2.75) is 57.0 Å². The van der Waals surface area contributed by atoms with Crippen LogP contribution in [0.15, 0.2) is 0 Å². The van der Waals surface area contributed by atoms with Crippen molar-refractivity contribution in [1.82, 2.24) is 15.5 Å². The molecule has 6 heteroatoms. The molecule has 6 nitrogen and oxygen atoms in total. The van der Waals surface area contributed by atoms with E-state index < -0.39 is 0 Å². The van der Waals surface area contributed by atoms with Crippen LogP contribution in [0.1, 0.15) is 44.9 Å². The molecule has 130 valence electrons. The third-order valence-electron chi connectivity index (χ3n) is 5.71. The van der Waals surface area contributed by atoms with Gasteiger partial charge in [0.2, 0.25) is 11.8 Å². The predicted molar refractivity (Wildman–Crippen MR) is 88.7 cm³/mol. The van der Waals surface area contributed by atoms with Gasteiger partial charge in [-0.3, -0.25) is 9.59 Å². The fourth-order valence-corrected chi connectivity index (χ4v) is 4.46. The first kappa shape index (κ1) is 16.7. The fourth-order valence-electron chi connectivity index (χ4n) is 4.46. The van der Waals surface area contributed by atoms with Crippen LogP contribution in [0.3, 0.4) is 0 Å². The van der Waals surface area contributed by atoms with Gasteiger partial charge in [0.1, 0.15) is 0 Å². The number of hydrogen-bond donors (Lipinski definition) is 3. The second-order valence-electron chi connectivity index (χ2n) is 7.31.